The number of thioether (sulfide) groups is 1. The summed E-state index contributed by atoms with van der Waals surface area (Å²) < 4.78 is 3.74. The Morgan fingerprint density at radius 1 is 1.12 bits per heavy atom. The van der Waals surface area contributed by atoms with E-state index in [1.807, 2.05) is 13.8 Å². The van der Waals surface area contributed by atoms with Crippen LogP contribution in [0, 0.1) is 5.92 Å². The van der Waals surface area contributed by atoms with E-state index in [0.29, 0.717) is 27.1 Å². The lowest BCUT2D eigenvalue weighted by Crippen LogP contribution is -2.53. The standard InChI is InChI=1S/C23H17BrClN4O3S/c1-12-13(2)33-22-20(12)21(31)29(17-6-4-15(25)5-7-17)23(32)28(22)11-16-9-19(30)27-10-14(24)3-8-18(27)26-16/h3-10,20H,11H2,1-2H3/q+1. The number of amides is 3. The Morgan fingerprint density at radius 2 is 1.85 bits per heavy atom. The minimum Gasteiger partial charge on any atom is -0.269 e. The zero-order valence-corrected chi connectivity index (χ0v) is 20.7. The third kappa shape index (κ3) is 3.74. The smallest absolute Gasteiger partial charge is 0.269 e. The van der Waals surface area contributed by atoms with E-state index in [0.717, 1.165) is 15.0 Å². The van der Waals surface area contributed by atoms with Gasteiger partial charge in [0.2, 0.25) is 0 Å². The number of aromatic nitrogens is 2. The van der Waals surface area contributed by atoms with Gasteiger partial charge in [-0.25, -0.2) is 9.78 Å². The number of hydrogen-bond donors (Lipinski definition) is 0. The molecule has 0 fully saturated rings. The molecule has 1 unspecified atom stereocenters. The van der Waals surface area contributed by atoms with Crippen LogP contribution in [-0.4, -0.2) is 30.9 Å². The second-order valence-corrected chi connectivity index (χ2v) is 10.4. The number of anilines is 1. The topological polar surface area (TPSA) is 74.8 Å². The molecule has 3 aromatic rings. The molecular formula is C23H17BrClN4O3S+. The summed E-state index contributed by atoms with van der Waals surface area (Å²) in [4.78, 5) is 46.4. The van der Waals surface area contributed by atoms with Crippen molar-refractivity contribution in [1.82, 2.24) is 9.38 Å². The average Bonchev–Trinajstić information content (AvgIpc) is 3.07. The molecule has 0 spiro atoms. The van der Waals surface area contributed by atoms with Gasteiger partial charge in [0.15, 0.2) is 11.0 Å². The second kappa shape index (κ2) is 8.23. The first-order valence-electron chi connectivity index (χ1n) is 10.1. The number of halogens is 2. The summed E-state index contributed by atoms with van der Waals surface area (Å²) in [6.45, 7) is 3.91. The summed E-state index contributed by atoms with van der Waals surface area (Å²) >= 11 is 10.8. The maximum absolute atomic E-state index is 13.6. The number of imide groups is 1. The Morgan fingerprint density at radius 3 is 2.58 bits per heavy atom. The van der Waals surface area contributed by atoms with Crippen molar-refractivity contribution in [3.63, 3.8) is 0 Å². The van der Waals surface area contributed by atoms with Crippen LogP contribution in [0.1, 0.15) is 19.5 Å². The molecule has 2 aliphatic heterocycles. The Kier molecular flexibility index (Phi) is 5.50. The van der Waals surface area contributed by atoms with Gasteiger partial charge in [0, 0.05) is 21.8 Å². The normalized spacial score (nSPS) is 18.5. The monoisotopic (exact) mass is 543 g/mol. The summed E-state index contributed by atoms with van der Waals surface area (Å²) in [5.74, 6) is -0.854. The van der Waals surface area contributed by atoms with E-state index in [2.05, 4.69) is 20.9 Å². The van der Waals surface area contributed by atoms with Gasteiger partial charge in [0.25, 0.3) is 5.56 Å². The lowest BCUT2D eigenvalue weighted by molar-refractivity contribution is -0.444. The molecule has 0 N–H and O–H groups in total. The fraction of sp³-hybridized carbons (Fsp3) is 0.174. The van der Waals surface area contributed by atoms with E-state index in [9.17, 15) is 14.4 Å². The fourth-order valence-electron chi connectivity index (χ4n) is 3.97. The zero-order valence-electron chi connectivity index (χ0n) is 17.6. The molecule has 0 saturated heterocycles. The van der Waals surface area contributed by atoms with Crippen molar-refractivity contribution in [2.75, 3.05) is 4.90 Å². The van der Waals surface area contributed by atoms with Crippen LogP contribution in [0.25, 0.3) is 5.65 Å². The van der Waals surface area contributed by atoms with Crippen molar-refractivity contribution in [2.24, 2.45) is 5.92 Å². The first-order valence-corrected chi connectivity index (χ1v) is 12.0. The third-order valence-electron chi connectivity index (χ3n) is 5.73. The maximum Gasteiger partial charge on any atom is 0.506 e. The van der Waals surface area contributed by atoms with Gasteiger partial charge >= 0.3 is 11.9 Å². The van der Waals surface area contributed by atoms with Crippen LogP contribution < -0.4 is 10.5 Å². The van der Waals surface area contributed by atoms with Crippen LogP contribution >= 0.6 is 39.3 Å². The molecule has 1 atom stereocenters. The second-order valence-electron chi connectivity index (χ2n) is 7.79. The third-order valence-corrected chi connectivity index (χ3v) is 7.74. The zero-order chi connectivity index (χ0) is 23.4. The van der Waals surface area contributed by atoms with Crippen LogP contribution in [0.15, 0.2) is 68.4 Å². The predicted octanol–water partition coefficient (Wildman–Crippen LogP) is 4.85. The quantitative estimate of drug-likeness (QED) is 0.441. The minimum atomic E-state index is -0.555. The molecule has 2 aromatic heterocycles. The summed E-state index contributed by atoms with van der Waals surface area (Å²) in [6.07, 6.45) is 1.65. The van der Waals surface area contributed by atoms with Gasteiger partial charge in [-0.15, -0.1) is 4.90 Å². The molecule has 2 aliphatic rings. The van der Waals surface area contributed by atoms with Gasteiger partial charge in [-0.05, 0) is 76.7 Å². The van der Waals surface area contributed by atoms with Crippen LogP contribution in [0.3, 0.4) is 0 Å². The van der Waals surface area contributed by atoms with Gasteiger partial charge in [0.05, 0.1) is 5.69 Å². The van der Waals surface area contributed by atoms with E-state index < -0.39 is 11.9 Å². The highest BCUT2D eigenvalue weighted by Crippen LogP contribution is 2.42. The molecule has 0 saturated carbocycles. The molecule has 7 nitrogen and oxygen atoms in total. The van der Waals surface area contributed by atoms with E-state index >= 15 is 0 Å². The number of carbonyl (C=O) groups excluding carboxylic acids is 2. The Labute approximate surface area is 206 Å². The van der Waals surface area contributed by atoms with Crippen molar-refractivity contribution >= 4 is 67.6 Å². The highest BCUT2D eigenvalue weighted by molar-refractivity contribution is 9.10. The SMILES string of the molecule is CC1=C(C)C2C(=O)N(c3ccc(Cl)cc3)C(=O)[N+](Cc3cc(=O)n4cc(Br)ccc4n3)=C2S1. The van der Waals surface area contributed by atoms with Crippen molar-refractivity contribution in [3.05, 3.63) is 84.7 Å². The molecule has 166 valence electrons. The Balaban J connectivity index is 1.63. The predicted molar refractivity (Wildman–Crippen MR) is 132 cm³/mol. The molecular weight excluding hydrogens is 528 g/mol. The Hall–Kier alpha value is -2.75. The molecule has 10 heteroatoms. The first-order chi connectivity index (χ1) is 15.7. The van der Waals surface area contributed by atoms with Gasteiger partial charge in [-0.2, -0.15) is 9.37 Å². The lowest BCUT2D eigenvalue weighted by atomic mass is 9.98. The number of benzene rings is 1. The largest absolute Gasteiger partial charge is 0.506 e. The maximum atomic E-state index is 13.6. The highest BCUT2D eigenvalue weighted by Gasteiger charge is 2.53. The minimum absolute atomic E-state index is 0.0669. The molecule has 1 aromatic carbocycles. The molecule has 0 radical (unpaired) electrons. The van der Waals surface area contributed by atoms with E-state index in [-0.39, 0.29) is 18.0 Å². The van der Waals surface area contributed by atoms with Crippen molar-refractivity contribution in [3.8, 4) is 0 Å². The van der Waals surface area contributed by atoms with Crippen LogP contribution in [-0.2, 0) is 11.3 Å². The van der Waals surface area contributed by atoms with Gasteiger partial charge < -0.3 is 0 Å². The molecule has 33 heavy (non-hydrogen) atoms. The number of fused-ring (bicyclic) bond motifs is 2. The van der Waals surface area contributed by atoms with Gasteiger partial charge in [-0.3, -0.25) is 9.20 Å². The molecule has 0 aliphatic carbocycles. The average molecular weight is 545 g/mol. The van der Waals surface area contributed by atoms with E-state index in [4.69, 9.17) is 11.6 Å². The van der Waals surface area contributed by atoms with Gasteiger partial charge in [-0.1, -0.05) is 23.4 Å². The summed E-state index contributed by atoms with van der Waals surface area (Å²) in [5, 5.41) is 1.15. The number of nitrogens with zero attached hydrogens (tertiary/aromatic N) is 4. The summed E-state index contributed by atoms with van der Waals surface area (Å²) in [5.41, 5.74) is 2.01. The summed E-state index contributed by atoms with van der Waals surface area (Å²) in [6, 6.07) is 11.0. The van der Waals surface area contributed by atoms with E-state index in [1.165, 1.54) is 27.1 Å². The van der Waals surface area contributed by atoms with Gasteiger partial charge in [0.1, 0.15) is 17.9 Å². The van der Waals surface area contributed by atoms with Crippen LogP contribution in [0.4, 0.5) is 10.5 Å². The molecule has 3 amide bonds. The number of pyridine rings is 1. The number of carbonyl (C=O) groups is 2. The van der Waals surface area contributed by atoms with Crippen molar-refractivity contribution in [1.29, 1.82) is 0 Å². The number of urea groups is 1. The number of allylic oxidation sites excluding steroid dienone is 1. The van der Waals surface area contributed by atoms with Crippen LogP contribution in [0.2, 0.25) is 5.02 Å². The van der Waals surface area contributed by atoms with Crippen LogP contribution in [0.5, 0.6) is 0 Å². The number of rotatable bonds is 3. The van der Waals surface area contributed by atoms with Crippen molar-refractivity contribution in [2.45, 2.75) is 20.4 Å². The molecule has 4 heterocycles. The lowest BCUT2D eigenvalue weighted by Gasteiger charge is -2.25. The highest BCUT2D eigenvalue weighted by atomic mass is 79.9. The molecule has 5 rings (SSSR count). The number of hydrogen-bond acceptors (Lipinski definition) is 5. The Bertz CT molecular complexity index is 1480. The summed E-state index contributed by atoms with van der Waals surface area (Å²) in [7, 11) is 0. The van der Waals surface area contributed by atoms with E-state index in [1.54, 1.807) is 47.2 Å². The first kappa shape index (κ1) is 22.1. The molecule has 0 bridgehead atoms. The fourth-order valence-corrected chi connectivity index (χ4v) is 5.67. The van der Waals surface area contributed by atoms with Crippen molar-refractivity contribution < 1.29 is 14.2 Å².